The predicted octanol–water partition coefficient (Wildman–Crippen LogP) is 3.43. The standard InChI is InChI=1S/C23H24N6O/c1-16(30)24-12-13-25-23-21-20(28-22(29-23)17-8-4-2-5-9-17)14-19(27-21)15-26-18-10-6-3-7-11-18/h2-11,26H,12-15H2,1H3,(H,24,30)(H,25,28,29). The first-order chi connectivity index (χ1) is 14.7. The molecular weight excluding hydrogens is 376 g/mol. The van der Waals surface area contributed by atoms with Crippen LogP contribution in [0.15, 0.2) is 65.7 Å². The third-order valence-corrected chi connectivity index (χ3v) is 4.69. The fourth-order valence-corrected chi connectivity index (χ4v) is 3.25. The van der Waals surface area contributed by atoms with Crippen molar-refractivity contribution in [3.63, 3.8) is 0 Å². The van der Waals surface area contributed by atoms with Crippen LogP contribution in [0.3, 0.4) is 0 Å². The average molecular weight is 400 g/mol. The van der Waals surface area contributed by atoms with Gasteiger partial charge >= 0.3 is 0 Å². The van der Waals surface area contributed by atoms with Gasteiger partial charge in [0.25, 0.3) is 0 Å². The van der Waals surface area contributed by atoms with E-state index in [1.54, 1.807) is 0 Å². The van der Waals surface area contributed by atoms with Crippen molar-refractivity contribution in [2.75, 3.05) is 30.3 Å². The Labute approximate surface area is 175 Å². The second-order valence-electron chi connectivity index (χ2n) is 7.04. The molecule has 7 heteroatoms. The molecule has 0 unspecified atom stereocenters. The van der Waals surface area contributed by atoms with Crippen molar-refractivity contribution in [2.24, 2.45) is 4.99 Å². The van der Waals surface area contributed by atoms with Crippen LogP contribution in [0.1, 0.15) is 12.6 Å². The van der Waals surface area contributed by atoms with Crippen molar-refractivity contribution in [2.45, 2.75) is 13.3 Å². The van der Waals surface area contributed by atoms with Crippen molar-refractivity contribution < 1.29 is 4.79 Å². The molecule has 1 aromatic heterocycles. The molecule has 3 N–H and O–H groups in total. The third kappa shape index (κ3) is 4.81. The lowest BCUT2D eigenvalue weighted by Crippen LogP contribution is -2.26. The molecular formula is C23H24N6O. The number of hydrogen-bond donors (Lipinski definition) is 3. The van der Waals surface area contributed by atoms with Crippen molar-refractivity contribution in [3.05, 3.63) is 66.4 Å². The van der Waals surface area contributed by atoms with E-state index in [-0.39, 0.29) is 5.91 Å². The van der Waals surface area contributed by atoms with E-state index in [1.165, 1.54) is 6.92 Å². The number of hydrogen-bond acceptors (Lipinski definition) is 6. The van der Waals surface area contributed by atoms with Gasteiger partial charge in [-0.1, -0.05) is 48.5 Å². The van der Waals surface area contributed by atoms with E-state index in [9.17, 15) is 4.79 Å². The summed E-state index contributed by atoms with van der Waals surface area (Å²) in [6.45, 7) is 3.23. The zero-order chi connectivity index (χ0) is 20.8. The summed E-state index contributed by atoms with van der Waals surface area (Å²) >= 11 is 0. The summed E-state index contributed by atoms with van der Waals surface area (Å²) in [5.74, 6) is 1.31. The number of nitrogens with zero attached hydrogens (tertiary/aromatic N) is 3. The molecule has 0 atom stereocenters. The Balaban J connectivity index is 1.54. The monoisotopic (exact) mass is 400 g/mol. The van der Waals surface area contributed by atoms with Gasteiger partial charge in [-0.2, -0.15) is 0 Å². The van der Waals surface area contributed by atoms with Crippen LogP contribution in [0.25, 0.3) is 11.4 Å². The Bertz CT molecular complexity index is 1050. The van der Waals surface area contributed by atoms with Gasteiger partial charge in [0.1, 0.15) is 5.69 Å². The maximum Gasteiger partial charge on any atom is 0.216 e. The minimum Gasteiger partial charge on any atom is -0.380 e. The molecule has 152 valence electrons. The molecule has 3 aromatic rings. The lowest BCUT2D eigenvalue weighted by Gasteiger charge is -2.11. The van der Waals surface area contributed by atoms with Gasteiger partial charge in [0.15, 0.2) is 11.6 Å². The zero-order valence-electron chi connectivity index (χ0n) is 16.9. The molecule has 4 rings (SSSR count). The van der Waals surface area contributed by atoms with Crippen molar-refractivity contribution >= 4 is 28.8 Å². The van der Waals surface area contributed by atoms with Gasteiger partial charge in [0, 0.05) is 43.4 Å². The molecule has 0 spiro atoms. The summed E-state index contributed by atoms with van der Waals surface area (Å²) in [7, 11) is 0. The third-order valence-electron chi connectivity index (χ3n) is 4.69. The van der Waals surface area contributed by atoms with Gasteiger partial charge in [-0.3, -0.25) is 4.79 Å². The number of rotatable bonds is 8. The molecule has 0 saturated carbocycles. The van der Waals surface area contributed by atoms with Crippen LogP contribution in [-0.2, 0) is 11.2 Å². The highest BCUT2D eigenvalue weighted by Gasteiger charge is 2.22. The fourth-order valence-electron chi connectivity index (χ4n) is 3.25. The quantitative estimate of drug-likeness (QED) is 0.504. The Morgan fingerprint density at radius 1 is 0.933 bits per heavy atom. The van der Waals surface area contributed by atoms with Crippen LogP contribution in [-0.4, -0.2) is 41.2 Å². The highest BCUT2D eigenvalue weighted by atomic mass is 16.1. The van der Waals surface area contributed by atoms with Crippen LogP contribution in [0.4, 0.5) is 17.2 Å². The smallest absolute Gasteiger partial charge is 0.216 e. The van der Waals surface area contributed by atoms with Gasteiger partial charge in [-0.05, 0) is 12.1 Å². The Hall–Kier alpha value is -3.74. The topological polar surface area (TPSA) is 91.3 Å². The number of carbonyl (C=O) groups is 1. The molecule has 1 aliphatic rings. The van der Waals surface area contributed by atoms with Gasteiger partial charge < -0.3 is 16.0 Å². The molecule has 0 saturated heterocycles. The van der Waals surface area contributed by atoms with Crippen LogP contribution in [0.2, 0.25) is 0 Å². The van der Waals surface area contributed by atoms with E-state index in [0.29, 0.717) is 37.7 Å². The minimum atomic E-state index is -0.0537. The number of aliphatic imine (C=N–C) groups is 1. The second kappa shape index (κ2) is 9.17. The second-order valence-corrected chi connectivity index (χ2v) is 7.04. The van der Waals surface area contributed by atoms with Crippen LogP contribution in [0.5, 0.6) is 0 Å². The Kier molecular flexibility index (Phi) is 5.98. The van der Waals surface area contributed by atoms with Crippen molar-refractivity contribution in [1.29, 1.82) is 0 Å². The fraction of sp³-hybridized carbons (Fsp3) is 0.217. The maximum atomic E-state index is 11.1. The molecule has 30 heavy (non-hydrogen) atoms. The van der Waals surface area contributed by atoms with Crippen LogP contribution in [0, 0.1) is 0 Å². The average Bonchev–Trinajstić information content (AvgIpc) is 3.19. The lowest BCUT2D eigenvalue weighted by atomic mass is 10.2. The van der Waals surface area contributed by atoms with Gasteiger partial charge in [-0.15, -0.1) is 0 Å². The predicted molar refractivity (Wildman–Crippen MR) is 120 cm³/mol. The summed E-state index contributed by atoms with van der Waals surface area (Å²) < 4.78 is 0. The van der Waals surface area contributed by atoms with E-state index in [2.05, 4.69) is 16.0 Å². The van der Waals surface area contributed by atoms with Gasteiger partial charge in [0.05, 0.1) is 12.2 Å². The molecule has 2 heterocycles. The summed E-state index contributed by atoms with van der Waals surface area (Å²) in [5, 5.41) is 9.50. The maximum absolute atomic E-state index is 11.1. The molecule has 0 radical (unpaired) electrons. The first-order valence-electron chi connectivity index (χ1n) is 9.99. The van der Waals surface area contributed by atoms with E-state index in [4.69, 9.17) is 15.0 Å². The van der Waals surface area contributed by atoms with Crippen LogP contribution < -0.4 is 16.0 Å². The number of anilines is 2. The van der Waals surface area contributed by atoms with E-state index < -0.39 is 0 Å². The van der Waals surface area contributed by atoms with E-state index >= 15 is 0 Å². The summed E-state index contributed by atoms with van der Waals surface area (Å²) in [5.41, 5.74) is 4.72. The van der Waals surface area contributed by atoms with Crippen molar-refractivity contribution in [1.82, 2.24) is 15.3 Å². The number of fused-ring (bicyclic) bond motifs is 1. The number of carbonyl (C=O) groups excluding carboxylic acids is 1. The molecule has 0 aliphatic carbocycles. The number of benzene rings is 2. The summed E-state index contributed by atoms with van der Waals surface area (Å²) in [6.07, 6.45) is 0.678. The first kappa shape index (κ1) is 19.6. The molecule has 2 aromatic carbocycles. The molecule has 1 amide bonds. The zero-order valence-corrected chi connectivity index (χ0v) is 16.9. The summed E-state index contributed by atoms with van der Waals surface area (Å²) in [4.78, 5) is 25.4. The summed E-state index contributed by atoms with van der Waals surface area (Å²) in [6, 6.07) is 20.0. The number of amides is 1. The highest BCUT2D eigenvalue weighted by Crippen LogP contribution is 2.34. The highest BCUT2D eigenvalue weighted by molar-refractivity contribution is 5.98. The van der Waals surface area contributed by atoms with Gasteiger partial charge in [0.2, 0.25) is 5.91 Å². The largest absolute Gasteiger partial charge is 0.380 e. The SMILES string of the molecule is CC(=O)NCCNc1nc(-c2ccccc2)nc2c1N=C(CNc1ccccc1)C2. The van der Waals surface area contributed by atoms with Crippen molar-refractivity contribution in [3.8, 4) is 11.4 Å². The van der Waals surface area contributed by atoms with E-state index in [0.717, 1.165) is 28.3 Å². The minimum absolute atomic E-state index is 0.0537. The first-order valence-corrected chi connectivity index (χ1v) is 9.99. The molecule has 7 nitrogen and oxygen atoms in total. The van der Waals surface area contributed by atoms with Crippen LogP contribution >= 0.6 is 0 Å². The normalized spacial score (nSPS) is 12.1. The molecule has 0 fully saturated rings. The number of para-hydroxylation sites is 1. The van der Waals surface area contributed by atoms with Gasteiger partial charge in [-0.25, -0.2) is 15.0 Å². The van der Waals surface area contributed by atoms with E-state index in [1.807, 2.05) is 60.7 Å². The Morgan fingerprint density at radius 2 is 1.67 bits per heavy atom. The molecule has 1 aliphatic heterocycles. The molecule has 0 bridgehead atoms. The Morgan fingerprint density at radius 3 is 2.40 bits per heavy atom. The number of nitrogens with one attached hydrogen (secondary N) is 3. The lowest BCUT2D eigenvalue weighted by molar-refractivity contribution is -0.118. The number of aromatic nitrogens is 2.